The molecule has 0 saturated carbocycles. The second-order valence-electron chi connectivity index (χ2n) is 7.86. The highest BCUT2D eigenvalue weighted by Gasteiger charge is 2.17. The topological polar surface area (TPSA) is 105 Å². The number of rotatable bonds is 7. The summed E-state index contributed by atoms with van der Waals surface area (Å²) in [6, 6.07) is 20.0. The van der Waals surface area contributed by atoms with Gasteiger partial charge in [0.15, 0.2) is 23.9 Å². The number of benzene rings is 3. The molecule has 186 valence electrons. The molecular formula is C27H20IN3O6. The summed E-state index contributed by atoms with van der Waals surface area (Å²) in [5.41, 5.74) is 1.52. The van der Waals surface area contributed by atoms with Crippen LogP contribution in [0.2, 0.25) is 0 Å². The van der Waals surface area contributed by atoms with Crippen molar-refractivity contribution in [3.63, 3.8) is 0 Å². The molecule has 5 rings (SSSR count). The highest BCUT2D eigenvalue weighted by atomic mass is 127. The predicted octanol–water partition coefficient (Wildman–Crippen LogP) is 4.86. The van der Waals surface area contributed by atoms with Gasteiger partial charge in [0.25, 0.3) is 5.56 Å². The second kappa shape index (κ2) is 10.4. The summed E-state index contributed by atoms with van der Waals surface area (Å²) in [5, 5.41) is 5.80. The van der Waals surface area contributed by atoms with E-state index in [2.05, 4.69) is 32.4 Å². The third-order valence-corrected chi connectivity index (χ3v) is 6.34. The van der Waals surface area contributed by atoms with Crippen molar-refractivity contribution >= 4 is 56.6 Å². The summed E-state index contributed by atoms with van der Waals surface area (Å²) in [6.45, 7) is -0.255. The van der Waals surface area contributed by atoms with E-state index in [-0.39, 0.29) is 18.0 Å². The lowest BCUT2D eigenvalue weighted by molar-refractivity contribution is -0.142. The Balaban J connectivity index is 1.60. The van der Waals surface area contributed by atoms with Gasteiger partial charge in [0.2, 0.25) is 5.82 Å². The second-order valence-corrected chi connectivity index (χ2v) is 9.02. The number of ether oxygens (including phenoxy) is 3. The number of hydrogen-bond acceptors (Lipinski definition) is 8. The van der Waals surface area contributed by atoms with E-state index in [1.54, 1.807) is 30.3 Å². The first-order valence-corrected chi connectivity index (χ1v) is 12.2. The van der Waals surface area contributed by atoms with E-state index < -0.39 is 5.97 Å². The molecule has 2 heterocycles. The molecule has 0 bridgehead atoms. The molecular weight excluding hydrogens is 589 g/mol. The maximum absolute atomic E-state index is 13.5. The van der Waals surface area contributed by atoms with Gasteiger partial charge in [-0.25, -0.2) is 9.78 Å². The van der Waals surface area contributed by atoms with Crippen LogP contribution < -0.4 is 15.0 Å². The number of carbonyl (C=O) groups excluding carboxylic acids is 1. The number of fused-ring (bicyclic) bond motifs is 2. The van der Waals surface area contributed by atoms with Crippen LogP contribution in [0.1, 0.15) is 5.56 Å². The van der Waals surface area contributed by atoms with Gasteiger partial charge >= 0.3 is 5.97 Å². The van der Waals surface area contributed by atoms with E-state index in [1.807, 2.05) is 36.4 Å². The Hall–Kier alpha value is -4.19. The predicted molar refractivity (Wildman–Crippen MR) is 147 cm³/mol. The standard InChI is InChI=1S/C27H20IN3O6/c1-34-22-12-16(11-19(28)25(22)36-15-24(32)35-2)14-29-31-26(23-13-17-7-3-6-10-21(17)37-23)30-20-9-5-4-8-18(20)27(31)33/h3-14H,15H2,1-2H3. The van der Waals surface area contributed by atoms with Crippen molar-refractivity contribution < 1.29 is 23.4 Å². The van der Waals surface area contributed by atoms with Gasteiger partial charge < -0.3 is 18.6 Å². The molecule has 0 amide bonds. The van der Waals surface area contributed by atoms with E-state index in [0.29, 0.717) is 42.9 Å². The third-order valence-electron chi connectivity index (χ3n) is 5.54. The van der Waals surface area contributed by atoms with Crippen LogP contribution in [0.4, 0.5) is 0 Å². The van der Waals surface area contributed by atoms with E-state index in [9.17, 15) is 9.59 Å². The van der Waals surface area contributed by atoms with E-state index in [1.165, 1.54) is 25.1 Å². The van der Waals surface area contributed by atoms with Crippen LogP contribution in [0.25, 0.3) is 33.5 Å². The Morgan fingerprint density at radius 3 is 2.68 bits per heavy atom. The van der Waals surface area contributed by atoms with E-state index in [0.717, 1.165) is 5.39 Å². The molecule has 10 heteroatoms. The summed E-state index contributed by atoms with van der Waals surface area (Å²) in [4.78, 5) is 29.6. The van der Waals surface area contributed by atoms with Crippen LogP contribution in [0, 0.1) is 3.57 Å². The van der Waals surface area contributed by atoms with Crippen molar-refractivity contribution in [2.45, 2.75) is 0 Å². The normalized spacial score (nSPS) is 11.3. The lowest BCUT2D eigenvalue weighted by Crippen LogP contribution is -2.20. The summed E-state index contributed by atoms with van der Waals surface area (Å²) in [5.74, 6) is 0.984. The zero-order valence-electron chi connectivity index (χ0n) is 19.8. The molecule has 0 aliphatic heterocycles. The molecule has 2 aromatic heterocycles. The molecule has 0 aliphatic rings. The van der Waals surface area contributed by atoms with Crippen molar-refractivity contribution in [2.24, 2.45) is 5.10 Å². The number of para-hydroxylation sites is 2. The van der Waals surface area contributed by atoms with Gasteiger partial charge in [-0.2, -0.15) is 9.78 Å². The lowest BCUT2D eigenvalue weighted by Gasteiger charge is -2.13. The van der Waals surface area contributed by atoms with Gasteiger partial charge in [0.1, 0.15) is 5.58 Å². The number of methoxy groups -OCH3 is 2. The van der Waals surface area contributed by atoms with Gasteiger partial charge in [-0.1, -0.05) is 30.3 Å². The largest absolute Gasteiger partial charge is 0.493 e. The van der Waals surface area contributed by atoms with Crippen molar-refractivity contribution in [2.75, 3.05) is 20.8 Å². The van der Waals surface area contributed by atoms with E-state index in [4.69, 9.17) is 18.9 Å². The summed E-state index contributed by atoms with van der Waals surface area (Å²) in [7, 11) is 2.78. The van der Waals surface area contributed by atoms with Gasteiger partial charge in [-0.3, -0.25) is 4.79 Å². The highest BCUT2D eigenvalue weighted by molar-refractivity contribution is 14.1. The van der Waals surface area contributed by atoms with Crippen LogP contribution in [0.5, 0.6) is 11.5 Å². The van der Waals surface area contributed by atoms with Crippen molar-refractivity contribution in [1.29, 1.82) is 0 Å². The molecule has 37 heavy (non-hydrogen) atoms. The number of furan rings is 1. The molecule has 0 atom stereocenters. The van der Waals surface area contributed by atoms with Crippen LogP contribution in [-0.2, 0) is 9.53 Å². The Labute approximate surface area is 224 Å². The number of nitrogens with zero attached hydrogens (tertiary/aromatic N) is 3. The van der Waals surface area contributed by atoms with Gasteiger partial charge in [0.05, 0.1) is 34.9 Å². The summed E-state index contributed by atoms with van der Waals surface area (Å²) >= 11 is 2.08. The molecule has 5 aromatic rings. The van der Waals surface area contributed by atoms with Gasteiger partial charge in [-0.05, 0) is 64.6 Å². The summed E-state index contributed by atoms with van der Waals surface area (Å²) in [6.07, 6.45) is 1.53. The first-order valence-electron chi connectivity index (χ1n) is 11.1. The molecule has 0 saturated heterocycles. The van der Waals surface area contributed by atoms with Crippen LogP contribution in [0.15, 0.2) is 81.0 Å². The minimum absolute atomic E-state index is 0.255. The Morgan fingerprint density at radius 1 is 1.11 bits per heavy atom. The number of halogens is 1. The molecule has 9 nitrogen and oxygen atoms in total. The first-order chi connectivity index (χ1) is 18.0. The number of esters is 1. The smallest absolute Gasteiger partial charge is 0.343 e. The molecule has 3 aromatic carbocycles. The molecule has 0 radical (unpaired) electrons. The summed E-state index contributed by atoms with van der Waals surface area (Å²) < 4.78 is 23.6. The van der Waals surface area contributed by atoms with Crippen LogP contribution in [-0.4, -0.2) is 42.7 Å². The van der Waals surface area contributed by atoms with Gasteiger partial charge in [-0.15, -0.1) is 0 Å². The number of hydrogen-bond donors (Lipinski definition) is 0. The Kier molecular flexibility index (Phi) is 6.91. The van der Waals surface area contributed by atoms with Crippen LogP contribution in [0.3, 0.4) is 0 Å². The molecule has 0 spiro atoms. The van der Waals surface area contributed by atoms with Crippen molar-refractivity contribution in [1.82, 2.24) is 9.66 Å². The minimum Gasteiger partial charge on any atom is -0.493 e. The third kappa shape index (κ3) is 4.92. The van der Waals surface area contributed by atoms with Crippen molar-refractivity contribution in [3.05, 3.63) is 86.2 Å². The van der Waals surface area contributed by atoms with Crippen molar-refractivity contribution in [3.8, 4) is 23.1 Å². The quantitative estimate of drug-likeness (QED) is 0.148. The number of aromatic nitrogens is 2. The first kappa shape index (κ1) is 24.5. The molecule has 0 aliphatic carbocycles. The monoisotopic (exact) mass is 609 g/mol. The fraction of sp³-hybridized carbons (Fsp3) is 0.111. The fourth-order valence-corrected chi connectivity index (χ4v) is 4.53. The fourth-order valence-electron chi connectivity index (χ4n) is 3.75. The zero-order valence-corrected chi connectivity index (χ0v) is 22.0. The van der Waals surface area contributed by atoms with Crippen LogP contribution >= 0.6 is 22.6 Å². The van der Waals surface area contributed by atoms with Gasteiger partial charge in [0, 0.05) is 5.39 Å². The SMILES string of the molecule is COC(=O)COc1c(I)cc(C=Nn2c(-c3cc4ccccc4o3)nc3ccccc3c2=O)cc1OC. The maximum Gasteiger partial charge on any atom is 0.343 e. The zero-order chi connectivity index (χ0) is 25.9. The molecule has 0 N–H and O–H groups in total. The number of carbonyl (C=O) groups is 1. The lowest BCUT2D eigenvalue weighted by atomic mass is 10.2. The maximum atomic E-state index is 13.5. The molecule has 0 fully saturated rings. The minimum atomic E-state index is -0.509. The average molecular weight is 609 g/mol. The van der Waals surface area contributed by atoms with E-state index >= 15 is 0 Å². The Bertz CT molecular complexity index is 1690. The highest BCUT2D eigenvalue weighted by Crippen LogP contribution is 2.34. The molecule has 0 unspecified atom stereocenters. The Morgan fingerprint density at radius 2 is 1.89 bits per heavy atom. The average Bonchev–Trinajstić information content (AvgIpc) is 3.35.